The number of rotatable bonds is 2. The predicted molar refractivity (Wildman–Crippen MR) is 80.2 cm³/mol. The zero-order chi connectivity index (χ0) is 12.4. The van der Waals surface area contributed by atoms with Crippen molar-refractivity contribution in [2.45, 2.75) is 25.9 Å². The van der Waals surface area contributed by atoms with E-state index in [1.165, 1.54) is 16.3 Å². The number of nitrogens with one attached hydrogen (secondary N) is 1. The molecule has 2 heterocycles. The predicted octanol–water partition coefficient (Wildman–Crippen LogP) is 3.10. The third-order valence-corrected chi connectivity index (χ3v) is 3.52. The molecule has 0 unspecified atom stereocenters. The monoisotopic (exact) mass is 278 g/mol. The van der Waals surface area contributed by atoms with Crippen LogP contribution in [0.1, 0.15) is 18.4 Å². The number of hydrogen-bond donors (Lipinski definition) is 1. The van der Waals surface area contributed by atoms with E-state index in [-0.39, 0.29) is 12.4 Å². The summed E-state index contributed by atoms with van der Waals surface area (Å²) < 4.78 is 6.06. The highest BCUT2D eigenvalue weighted by Crippen LogP contribution is 2.24. The first-order valence-corrected chi connectivity index (χ1v) is 6.55. The fourth-order valence-electron chi connectivity index (χ4n) is 2.47. The fourth-order valence-corrected chi connectivity index (χ4v) is 2.47. The van der Waals surface area contributed by atoms with Gasteiger partial charge in [-0.1, -0.05) is 0 Å². The molecule has 0 saturated carbocycles. The van der Waals surface area contributed by atoms with Gasteiger partial charge in [-0.05, 0) is 62.0 Å². The summed E-state index contributed by atoms with van der Waals surface area (Å²) in [5.41, 5.74) is 1.20. The van der Waals surface area contributed by atoms with Crippen LogP contribution in [0.2, 0.25) is 0 Å². The van der Waals surface area contributed by atoms with E-state index in [1.54, 1.807) is 0 Å². The maximum atomic E-state index is 6.06. The number of aryl methyl sites for hydroxylation is 1. The van der Waals surface area contributed by atoms with Crippen LogP contribution in [0.25, 0.3) is 10.8 Å². The van der Waals surface area contributed by atoms with Crippen LogP contribution in [-0.2, 0) is 0 Å². The van der Waals surface area contributed by atoms with Gasteiger partial charge >= 0.3 is 0 Å². The van der Waals surface area contributed by atoms with Gasteiger partial charge in [-0.15, -0.1) is 12.4 Å². The Bertz CT molecular complexity index is 553. The standard InChI is InChI=1S/C15H18N2O.ClH/c1-11-9-17-10-12-2-3-14(8-15(11)12)18-13-4-6-16-7-5-13;/h2-3,8-10,13,16H,4-7H2,1H3;1H. The molecular weight excluding hydrogens is 260 g/mol. The van der Waals surface area contributed by atoms with Gasteiger partial charge in [0.25, 0.3) is 0 Å². The van der Waals surface area contributed by atoms with E-state index in [4.69, 9.17) is 4.74 Å². The second-order valence-corrected chi connectivity index (χ2v) is 4.91. The van der Waals surface area contributed by atoms with E-state index in [0.29, 0.717) is 6.10 Å². The summed E-state index contributed by atoms with van der Waals surface area (Å²) in [6, 6.07) is 6.27. The number of halogens is 1. The van der Waals surface area contributed by atoms with Crippen LogP contribution in [0, 0.1) is 6.92 Å². The van der Waals surface area contributed by atoms with Crippen molar-refractivity contribution in [3.8, 4) is 5.75 Å². The third-order valence-electron chi connectivity index (χ3n) is 3.52. The number of piperidine rings is 1. The smallest absolute Gasteiger partial charge is 0.120 e. The highest BCUT2D eigenvalue weighted by molar-refractivity contribution is 5.86. The summed E-state index contributed by atoms with van der Waals surface area (Å²) in [6.07, 6.45) is 6.33. The molecule has 102 valence electrons. The third kappa shape index (κ3) is 3.17. The number of ether oxygens (including phenoxy) is 1. The summed E-state index contributed by atoms with van der Waals surface area (Å²) in [7, 11) is 0. The minimum atomic E-state index is 0. The lowest BCUT2D eigenvalue weighted by Gasteiger charge is -2.24. The molecule has 2 aromatic rings. The number of hydrogen-bond acceptors (Lipinski definition) is 3. The summed E-state index contributed by atoms with van der Waals surface area (Å²) in [4.78, 5) is 4.21. The van der Waals surface area contributed by atoms with Crippen molar-refractivity contribution < 1.29 is 4.74 Å². The quantitative estimate of drug-likeness (QED) is 0.917. The van der Waals surface area contributed by atoms with Gasteiger partial charge in [-0.2, -0.15) is 0 Å². The lowest BCUT2D eigenvalue weighted by atomic mass is 10.1. The topological polar surface area (TPSA) is 34.1 Å². The second-order valence-electron chi connectivity index (χ2n) is 4.91. The fraction of sp³-hybridized carbons (Fsp3) is 0.400. The molecule has 0 bridgehead atoms. The first kappa shape index (κ1) is 14.1. The Morgan fingerprint density at radius 3 is 2.79 bits per heavy atom. The largest absolute Gasteiger partial charge is 0.490 e. The molecular formula is C15H19ClN2O. The Morgan fingerprint density at radius 1 is 1.21 bits per heavy atom. The second kappa shape index (κ2) is 6.22. The Labute approximate surface area is 119 Å². The van der Waals surface area contributed by atoms with Gasteiger partial charge in [0.1, 0.15) is 11.9 Å². The van der Waals surface area contributed by atoms with E-state index in [1.807, 2.05) is 18.5 Å². The molecule has 1 fully saturated rings. The SMILES string of the molecule is Cc1cncc2ccc(OC3CCNCC3)cc12.Cl. The molecule has 1 aliphatic rings. The van der Waals surface area contributed by atoms with Crippen LogP contribution in [0.4, 0.5) is 0 Å². The summed E-state index contributed by atoms with van der Waals surface area (Å²) in [6.45, 7) is 4.20. The van der Waals surface area contributed by atoms with Crippen LogP contribution >= 0.6 is 12.4 Å². The van der Waals surface area contributed by atoms with Crippen molar-refractivity contribution in [1.82, 2.24) is 10.3 Å². The molecule has 0 radical (unpaired) electrons. The minimum absolute atomic E-state index is 0. The van der Waals surface area contributed by atoms with Crippen molar-refractivity contribution >= 4 is 23.2 Å². The summed E-state index contributed by atoms with van der Waals surface area (Å²) >= 11 is 0. The van der Waals surface area contributed by atoms with Gasteiger partial charge < -0.3 is 10.1 Å². The van der Waals surface area contributed by atoms with Crippen molar-refractivity contribution in [3.63, 3.8) is 0 Å². The van der Waals surface area contributed by atoms with Crippen molar-refractivity contribution in [1.29, 1.82) is 0 Å². The van der Waals surface area contributed by atoms with E-state index < -0.39 is 0 Å². The van der Waals surface area contributed by atoms with Crippen molar-refractivity contribution in [2.75, 3.05) is 13.1 Å². The van der Waals surface area contributed by atoms with E-state index in [9.17, 15) is 0 Å². The van der Waals surface area contributed by atoms with Crippen LogP contribution in [0.5, 0.6) is 5.75 Å². The number of fused-ring (bicyclic) bond motifs is 1. The Kier molecular flexibility index (Phi) is 4.61. The average Bonchev–Trinajstić information content (AvgIpc) is 2.41. The molecule has 3 rings (SSSR count). The normalized spacial score (nSPS) is 16.1. The van der Waals surface area contributed by atoms with Gasteiger partial charge in [-0.3, -0.25) is 4.98 Å². The highest BCUT2D eigenvalue weighted by Gasteiger charge is 2.14. The lowest BCUT2D eigenvalue weighted by Crippen LogP contribution is -2.34. The molecule has 0 spiro atoms. The molecule has 1 aromatic carbocycles. The molecule has 1 aromatic heterocycles. The molecule has 1 N–H and O–H groups in total. The van der Waals surface area contributed by atoms with Crippen molar-refractivity contribution in [2.24, 2.45) is 0 Å². The summed E-state index contributed by atoms with van der Waals surface area (Å²) in [5.74, 6) is 0.976. The maximum absolute atomic E-state index is 6.06. The molecule has 0 aliphatic carbocycles. The highest BCUT2D eigenvalue weighted by atomic mass is 35.5. The van der Waals surface area contributed by atoms with E-state index in [0.717, 1.165) is 31.7 Å². The maximum Gasteiger partial charge on any atom is 0.120 e. The molecule has 0 amide bonds. The molecule has 1 aliphatic heterocycles. The molecule has 4 heteroatoms. The van der Waals surface area contributed by atoms with Crippen LogP contribution in [0.15, 0.2) is 30.6 Å². The van der Waals surface area contributed by atoms with Crippen LogP contribution in [0.3, 0.4) is 0 Å². The average molecular weight is 279 g/mol. The van der Waals surface area contributed by atoms with Crippen molar-refractivity contribution in [3.05, 3.63) is 36.2 Å². The molecule has 0 atom stereocenters. The molecule has 1 saturated heterocycles. The number of aromatic nitrogens is 1. The summed E-state index contributed by atoms with van der Waals surface area (Å²) in [5, 5.41) is 5.76. The Hall–Kier alpha value is -1.32. The van der Waals surface area contributed by atoms with Gasteiger partial charge in [0.2, 0.25) is 0 Å². The van der Waals surface area contributed by atoms with E-state index in [2.05, 4.69) is 29.4 Å². The Morgan fingerprint density at radius 2 is 2.00 bits per heavy atom. The Balaban J connectivity index is 0.00000133. The minimum Gasteiger partial charge on any atom is -0.490 e. The van der Waals surface area contributed by atoms with Crippen LogP contribution < -0.4 is 10.1 Å². The number of pyridine rings is 1. The molecule has 3 nitrogen and oxygen atoms in total. The zero-order valence-electron chi connectivity index (χ0n) is 11.1. The zero-order valence-corrected chi connectivity index (χ0v) is 11.9. The van der Waals surface area contributed by atoms with Gasteiger partial charge in [-0.25, -0.2) is 0 Å². The number of benzene rings is 1. The first-order valence-electron chi connectivity index (χ1n) is 6.55. The van der Waals surface area contributed by atoms with Gasteiger partial charge in [0.15, 0.2) is 0 Å². The first-order chi connectivity index (χ1) is 8.83. The lowest BCUT2D eigenvalue weighted by molar-refractivity contribution is 0.162. The van der Waals surface area contributed by atoms with Crippen LogP contribution in [-0.4, -0.2) is 24.2 Å². The van der Waals surface area contributed by atoms with Gasteiger partial charge in [0, 0.05) is 17.8 Å². The molecule has 19 heavy (non-hydrogen) atoms. The van der Waals surface area contributed by atoms with Gasteiger partial charge in [0.05, 0.1) is 0 Å². The number of nitrogens with zero attached hydrogens (tertiary/aromatic N) is 1. The van der Waals surface area contributed by atoms with E-state index >= 15 is 0 Å².